The highest BCUT2D eigenvalue weighted by Crippen LogP contribution is 2.17. The minimum Gasteiger partial charge on any atom is -0.319 e. The van der Waals surface area contributed by atoms with Crippen molar-refractivity contribution in [2.24, 2.45) is 11.7 Å². The first-order valence-corrected chi connectivity index (χ1v) is 4.56. The zero-order valence-electron chi connectivity index (χ0n) is 8.32. The highest BCUT2D eigenvalue weighted by atomic mass is 19.3. The van der Waals surface area contributed by atoms with Crippen molar-refractivity contribution < 1.29 is 8.78 Å². The van der Waals surface area contributed by atoms with Crippen LogP contribution in [-0.2, 0) is 6.54 Å². The largest absolute Gasteiger partial charge is 0.319 e. The van der Waals surface area contributed by atoms with Crippen LogP contribution in [-0.4, -0.2) is 16.2 Å². The molecule has 1 aromatic rings. The van der Waals surface area contributed by atoms with Crippen LogP contribution < -0.4 is 5.73 Å². The summed E-state index contributed by atoms with van der Waals surface area (Å²) in [5.74, 6) is 0.436. The van der Waals surface area contributed by atoms with Crippen molar-refractivity contribution in [1.29, 1.82) is 0 Å². The average molecular weight is 203 g/mol. The van der Waals surface area contributed by atoms with Gasteiger partial charge in [-0.25, -0.2) is 8.78 Å². The van der Waals surface area contributed by atoms with Crippen molar-refractivity contribution >= 4 is 0 Å². The predicted octanol–water partition coefficient (Wildman–Crippen LogP) is 1.80. The molecule has 14 heavy (non-hydrogen) atoms. The van der Waals surface area contributed by atoms with Crippen molar-refractivity contribution in [2.75, 3.05) is 0 Å². The third kappa shape index (κ3) is 2.77. The van der Waals surface area contributed by atoms with Gasteiger partial charge in [-0.1, -0.05) is 13.8 Å². The Bertz CT molecular complexity index is 283. The lowest BCUT2D eigenvalue weighted by Gasteiger charge is -2.07. The van der Waals surface area contributed by atoms with Gasteiger partial charge in [0.15, 0.2) is 0 Å². The topological polar surface area (TPSA) is 43.8 Å². The maximum absolute atomic E-state index is 12.2. The number of nitrogens with two attached hydrogens (primary N) is 1. The monoisotopic (exact) mass is 203 g/mol. The second kappa shape index (κ2) is 4.50. The van der Waals surface area contributed by atoms with Crippen LogP contribution in [0.1, 0.15) is 25.5 Å². The Morgan fingerprint density at radius 1 is 1.50 bits per heavy atom. The van der Waals surface area contributed by atoms with Gasteiger partial charge in [0.2, 0.25) is 0 Å². The van der Waals surface area contributed by atoms with Crippen LogP contribution in [0.5, 0.6) is 0 Å². The highest BCUT2D eigenvalue weighted by Gasteiger charge is 2.18. The van der Waals surface area contributed by atoms with Crippen LogP contribution in [0.4, 0.5) is 8.78 Å². The van der Waals surface area contributed by atoms with Gasteiger partial charge in [-0.2, -0.15) is 5.10 Å². The second-order valence-corrected chi connectivity index (χ2v) is 3.75. The van der Waals surface area contributed by atoms with Crippen LogP contribution in [0.25, 0.3) is 0 Å². The van der Waals surface area contributed by atoms with E-state index < -0.39 is 12.5 Å². The molecule has 1 heterocycles. The molecule has 0 amide bonds. The summed E-state index contributed by atoms with van der Waals surface area (Å²) < 4.78 is 26.1. The summed E-state index contributed by atoms with van der Waals surface area (Å²) in [6.45, 7) is 4.79. The molecular formula is C9H15F2N3. The van der Waals surface area contributed by atoms with Gasteiger partial charge in [-0.3, -0.25) is 4.68 Å². The zero-order valence-corrected chi connectivity index (χ0v) is 8.32. The third-order valence-corrected chi connectivity index (χ3v) is 1.86. The van der Waals surface area contributed by atoms with E-state index in [-0.39, 0.29) is 0 Å². The molecule has 2 N–H and O–H groups in total. The van der Waals surface area contributed by atoms with Crippen LogP contribution in [0.3, 0.4) is 0 Å². The minimum absolute atomic E-state index is 0.389. The Labute approximate surface area is 81.9 Å². The number of alkyl halides is 2. The molecule has 0 fully saturated rings. The van der Waals surface area contributed by atoms with Crippen molar-refractivity contribution in [1.82, 2.24) is 9.78 Å². The molecule has 3 nitrogen and oxygen atoms in total. The number of nitrogens with zero attached hydrogens (tertiary/aromatic N) is 2. The Hall–Kier alpha value is -0.970. The fourth-order valence-corrected chi connectivity index (χ4v) is 1.17. The summed E-state index contributed by atoms with van der Waals surface area (Å²) in [4.78, 5) is 0. The van der Waals surface area contributed by atoms with Gasteiger partial charge in [-0.05, 0) is 5.92 Å². The maximum atomic E-state index is 12.2. The molecule has 0 aliphatic heterocycles. The Balaban J connectivity index is 2.67. The first kappa shape index (κ1) is 11.1. The highest BCUT2D eigenvalue weighted by molar-refractivity contribution is 5.10. The maximum Gasteiger partial charge on any atom is 0.257 e. The Morgan fingerprint density at radius 2 is 2.14 bits per heavy atom. The average Bonchev–Trinajstić information content (AvgIpc) is 2.50. The summed E-state index contributed by atoms with van der Waals surface area (Å²) in [5.41, 5.74) is 5.67. The van der Waals surface area contributed by atoms with Gasteiger partial charge in [-0.15, -0.1) is 0 Å². The van der Waals surface area contributed by atoms with E-state index >= 15 is 0 Å². The standard InChI is InChI=1S/C9H15F2N3/c1-6(2)4-14-5-7(3-13-14)8(12)9(10)11/h3,5-6,8-9H,4,12H2,1-2H3. The van der Waals surface area contributed by atoms with Gasteiger partial charge in [0.1, 0.15) is 0 Å². The van der Waals surface area contributed by atoms with Crippen molar-refractivity contribution in [3.63, 3.8) is 0 Å². The molecule has 80 valence electrons. The number of aromatic nitrogens is 2. The zero-order chi connectivity index (χ0) is 10.7. The quantitative estimate of drug-likeness (QED) is 0.811. The molecule has 0 aliphatic rings. The smallest absolute Gasteiger partial charge is 0.257 e. The van der Waals surface area contributed by atoms with E-state index in [9.17, 15) is 8.78 Å². The van der Waals surface area contributed by atoms with Gasteiger partial charge < -0.3 is 5.73 Å². The van der Waals surface area contributed by atoms with E-state index in [1.165, 1.54) is 6.20 Å². The molecule has 0 spiro atoms. The fraction of sp³-hybridized carbons (Fsp3) is 0.667. The number of hydrogen-bond acceptors (Lipinski definition) is 2. The minimum atomic E-state index is -2.54. The molecule has 1 atom stereocenters. The van der Waals surface area contributed by atoms with Crippen molar-refractivity contribution in [3.8, 4) is 0 Å². The SMILES string of the molecule is CC(C)Cn1cc(C(N)C(F)F)cn1. The molecular weight excluding hydrogens is 188 g/mol. The molecule has 1 unspecified atom stereocenters. The molecule has 0 saturated carbocycles. The summed E-state index contributed by atoms with van der Waals surface area (Å²) in [6, 6.07) is -1.23. The summed E-state index contributed by atoms with van der Waals surface area (Å²) in [7, 11) is 0. The number of hydrogen-bond donors (Lipinski definition) is 1. The number of halogens is 2. The van der Waals surface area contributed by atoms with Gasteiger partial charge >= 0.3 is 0 Å². The molecule has 0 bridgehead atoms. The lowest BCUT2D eigenvalue weighted by molar-refractivity contribution is 0.116. The Kier molecular flexibility index (Phi) is 3.57. The van der Waals surface area contributed by atoms with Crippen LogP contribution >= 0.6 is 0 Å². The molecule has 0 saturated heterocycles. The Morgan fingerprint density at radius 3 is 2.64 bits per heavy atom. The molecule has 1 rings (SSSR count). The predicted molar refractivity (Wildman–Crippen MR) is 50.0 cm³/mol. The van der Waals surface area contributed by atoms with Crippen LogP contribution in [0.15, 0.2) is 12.4 Å². The first-order valence-electron chi connectivity index (χ1n) is 4.56. The molecule has 1 aromatic heterocycles. The van der Waals surface area contributed by atoms with E-state index in [1.54, 1.807) is 10.9 Å². The lowest BCUT2D eigenvalue weighted by atomic mass is 10.2. The fourth-order valence-electron chi connectivity index (χ4n) is 1.17. The summed E-state index contributed by atoms with van der Waals surface area (Å²) in [5, 5.41) is 3.96. The second-order valence-electron chi connectivity index (χ2n) is 3.75. The van der Waals surface area contributed by atoms with Gasteiger partial charge in [0.05, 0.1) is 12.2 Å². The van der Waals surface area contributed by atoms with Gasteiger partial charge in [0, 0.05) is 18.3 Å². The molecule has 0 radical (unpaired) electrons. The molecule has 0 aromatic carbocycles. The van der Waals surface area contributed by atoms with E-state index in [0.717, 1.165) is 6.54 Å². The van der Waals surface area contributed by atoms with E-state index in [2.05, 4.69) is 5.10 Å². The summed E-state index contributed by atoms with van der Waals surface area (Å²) >= 11 is 0. The normalized spacial score (nSPS) is 13.9. The summed E-state index contributed by atoms with van der Waals surface area (Å²) in [6.07, 6.45) is 0.447. The number of rotatable bonds is 4. The molecule has 0 aliphatic carbocycles. The first-order chi connectivity index (χ1) is 6.50. The van der Waals surface area contributed by atoms with Crippen LogP contribution in [0, 0.1) is 5.92 Å². The van der Waals surface area contributed by atoms with E-state index in [0.29, 0.717) is 11.5 Å². The van der Waals surface area contributed by atoms with Crippen molar-refractivity contribution in [3.05, 3.63) is 18.0 Å². The lowest BCUT2D eigenvalue weighted by Crippen LogP contribution is -2.18. The van der Waals surface area contributed by atoms with Gasteiger partial charge in [0.25, 0.3) is 6.43 Å². The third-order valence-electron chi connectivity index (χ3n) is 1.86. The molecule has 5 heteroatoms. The van der Waals surface area contributed by atoms with Crippen molar-refractivity contribution in [2.45, 2.75) is 32.9 Å². The van der Waals surface area contributed by atoms with E-state index in [4.69, 9.17) is 5.73 Å². The van der Waals surface area contributed by atoms with Crippen LogP contribution in [0.2, 0.25) is 0 Å². The van der Waals surface area contributed by atoms with E-state index in [1.807, 2.05) is 13.8 Å².